The van der Waals surface area contributed by atoms with Gasteiger partial charge in [-0.3, -0.25) is 4.90 Å². The van der Waals surface area contributed by atoms with Crippen molar-refractivity contribution in [3.63, 3.8) is 0 Å². The SMILES string of the molecule is OCCN1CCCN(CCCCOc2ccccc2C=Cc2ccccc2)CC1. The third-order valence-electron chi connectivity index (χ3n) is 5.40. The van der Waals surface area contributed by atoms with Gasteiger partial charge in [-0.05, 0) is 50.5 Å². The zero-order valence-electron chi connectivity index (χ0n) is 17.4. The van der Waals surface area contributed by atoms with Crippen molar-refractivity contribution in [2.45, 2.75) is 19.3 Å². The molecule has 4 nitrogen and oxygen atoms in total. The molecule has 29 heavy (non-hydrogen) atoms. The van der Waals surface area contributed by atoms with Crippen molar-refractivity contribution in [2.24, 2.45) is 0 Å². The molecule has 0 radical (unpaired) electrons. The Hall–Kier alpha value is -2.14. The summed E-state index contributed by atoms with van der Waals surface area (Å²) in [7, 11) is 0. The van der Waals surface area contributed by atoms with Gasteiger partial charge in [0.25, 0.3) is 0 Å². The van der Waals surface area contributed by atoms with E-state index in [1.807, 2.05) is 12.1 Å². The standard InChI is InChI=1S/C25H34N2O2/c28-21-20-27-17-8-16-26(18-19-27)15-6-7-22-29-25-12-5-4-11-24(25)14-13-23-9-2-1-3-10-23/h1-5,9-14,28H,6-8,15-22H2. The highest BCUT2D eigenvalue weighted by Crippen LogP contribution is 2.21. The first kappa shape index (κ1) is 21.6. The number of aliphatic hydroxyl groups is 1. The molecule has 0 unspecified atom stereocenters. The van der Waals surface area contributed by atoms with Crippen LogP contribution in [0.3, 0.4) is 0 Å². The fraction of sp³-hybridized carbons (Fsp3) is 0.440. The van der Waals surface area contributed by atoms with Crippen LogP contribution in [0.2, 0.25) is 0 Å². The van der Waals surface area contributed by atoms with E-state index in [1.54, 1.807) is 0 Å². The molecule has 0 aliphatic carbocycles. The summed E-state index contributed by atoms with van der Waals surface area (Å²) in [5.74, 6) is 0.953. The van der Waals surface area contributed by atoms with E-state index in [0.29, 0.717) is 0 Å². The van der Waals surface area contributed by atoms with Crippen LogP contribution in [0.5, 0.6) is 5.75 Å². The summed E-state index contributed by atoms with van der Waals surface area (Å²) in [4.78, 5) is 4.91. The predicted octanol–water partition coefficient (Wildman–Crippen LogP) is 4.02. The Morgan fingerprint density at radius 3 is 2.31 bits per heavy atom. The van der Waals surface area contributed by atoms with Crippen LogP contribution in [0, 0.1) is 0 Å². The minimum Gasteiger partial charge on any atom is -0.493 e. The van der Waals surface area contributed by atoms with Crippen molar-refractivity contribution in [3.8, 4) is 5.75 Å². The zero-order chi connectivity index (χ0) is 20.2. The number of ether oxygens (including phenoxy) is 1. The van der Waals surface area contributed by atoms with Crippen LogP contribution in [-0.4, -0.2) is 67.4 Å². The molecule has 4 heteroatoms. The second kappa shape index (κ2) is 12.4. The van der Waals surface area contributed by atoms with Gasteiger partial charge < -0.3 is 14.7 Å². The molecule has 1 fully saturated rings. The number of hydrogen-bond acceptors (Lipinski definition) is 4. The molecular formula is C25H34N2O2. The molecule has 1 aliphatic heterocycles. The number of nitrogens with zero attached hydrogens (tertiary/aromatic N) is 2. The minimum atomic E-state index is 0.263. The molecule has 2 aromatic rings. The molecule has 0 bridgehead atoms. The third-order valence-corrected chi connectivity index (χ3v) is 5.40. The van der Waals surface area contributed by atoms with Crippen LogP contribution < -0.4 is 4.74 Å². The summed E-state index contributed by atoms with van der Waals surface area (Å²) in [6, 6.07) is 18.6. The molecule has 1 aliphatic rings. The van der Waals surface area contributed by atoms with Crippen LogP contribution >= 0.6 is 0 Å². The lowest BCUT2D eigenvalue weighted by Crippen LogP contribution is -2.32. The van der Waals surface area contributed by atoms with Crippen LogP contribution in [-0.2, 0) is 0 Å². The molecule has 156 valence electrons. The lowest BCUT2D eigenvalue weighted by atomic mass is 10.1. The van der Waals surface area contributed by atoms with Crippen LogP contribution in [0.1, 0.15) is 30.4 Å². The maximum absolute atomic E-state index is 9.11. The molecule has 1 N–H and O–H groups in total. The first-order valence-corrected chi connectivity index (χ1v) is 10.9. The van der Waals surface area contributed by atoms with Gasteiger partial charge in [0.2, 0.25) is 0 Å². The van der Waals surface area contributed by atoms with Gasteiger partial charge in [-0.15, -0.1) is 0 Å². The maximum Gasteiger partial charge on any atom is 0.126 e. The fourth-order valence-electron chi connectivity index (χ4n) is 3.73. The molecule has 1 heterocycles. The number of aliphatic hydroxyl groups excluding tert-OH is 1. The number of rotatable bonds is 10. The largest absolute Gasteiger partial charge is 0.493 e. The number of unbranched alkanes of at least 4 members (excludes halogenated alkanes) is 1. The number of benzene rings is 2. The molecule has 1 saturated heterocycles. The van der Waals surface area contributed by atoms with Gasteiger partial charge in [0.1, 0.15) is 5.75 Å². The van der Waals surface area contributed by atoms with Crippen LogP contribution in [0.25, 0.3) is 12.2 Å². The Bertz CT molecular complexity index is 733. The molecule has 2 aromatic carbocycles. The normalized spacial score (nSPS) is 16.2. The van der Waals surface area contributed by atoms with Crippen molar-refractivity contribution in [2.75, 3.05) is 52.5 Å². The Labute approximate surface area is 175 Å². The molecular weight excluding hydrogens is 360 g/mol. The van der Waals surface area contributed by atoms with Crippen molar-refractivity contribution < 1.29 is 9.84 Å². The van der Waals surface area contributed by atoms with Gasteiger partial charge in [0.15, 0.2) is 0 Å². The van der Waals surface area contributed by atoms with E-state index in [9.17, 15) is 0 Å². The van der Waals surface area contributed by atoms with E-state index in [2.05, 4.69) is 64.4 Å². The monoisotopic (exact) mass is 394 g/mol. The quantitative estimate of drug-likeness (QED) is 0.488. The van der Waals surface area contributed by atoms with Gasteiger partial charge in [0.05, 0.1) is 13.2 Å². The van der Waals surface area contributed by atoms with Gasteiger partial charge in [-0.1, -0.05) is 60.7 Å². The van der Waals surface area contributed by atoms with Crippen molar-refractivity contribution in [3.05, 3.63) is 65.7 Å². The lowest BCUT2D eigenvalue weighted by molar-refractivity contribution is 0.195. The van der Waals surface area contributed by atoms with E-state index in [1.165, 1.54) is 12.0 Å². The Morgan fingerprint density at radius 2 is 1.52 bits per heavy atom. The van der Waals surface area contributed by atoms with Gasteiger partial charge >= 0.3 is 0 Å². The molecule has 3 rings (SSSR count). The van der Waals surface area contributed by atoms with Crippen LogP contribution in [0.15, 0.2) is 54.6 Å². The summed E-state index contributed by atoms with van der Waals surface area (Å²) in [5, 5.41) is 9.11. The molecule has 0 atom stereocenters. The predicted molar refractivity (Wildman–Crippen MR) is 121 cm³/mol. The summed E-state index contributed by atoms with van der Waals surface area (Å²) in [6.45, 7) is 7.39. The van der Waals surface area contributed by atoms with E-state index in [4.69, 9.17) is 9.84 Å². The smallest absolute Gasteiger partial charge is 0.126 e. The second-order valence-electron chi connectivity index (χ2n) is 7.60. The van der Waals surface area contributed by atoms with Crippen LogP contribution in [0.4, 0.5) is 0 Å². The van der Waals surface area contributed by atoms with E-state index >= 15 is 0 Å². The van der Waals surface area contributed by atoms with E-state index in [-0.39, 0.29) is 6.61 Å². The number of β-amino-alcohol motifs (C(OH)–C–C–N with tert-alkyl or cyclic N) is 1. The van der Waals surface area contributed by atoms with Crippen molar-refractivity contribution >= 4 is 12.2 Å². The first-order valence-electron chi connectivity index (χ1n) is 10.9. The third kappa shape index (κ3) is 7.65. The first-order chi connectivity index (χ1) is 14.3. The topological polar surface area (TPSA) is 35.9 Å². The maximum atomic E-state index is 9.11. The number of hydrogen-bond donors (Lipinski definition) is 1. The highest BCUT2D eigenvalue weighted by molar-refractivity contribution is 5.72. The van der Waals surface area contributed by atoms with E-state index < -0.39 is 0 Å². The minimum absolute atomic E-state index is 0.263. The summed E-state index contributed by atoms with van der Waals surface area (Å²) in [5.41, 5.74) is 2.31. The Morgan fingerprint density at radius 1 is 0.793 bits per heavy atom. The van der Waals surface area contributed by atoms with E-state index in [0.717, 1.165) is 70.0 Å². The fourth-order valence-corrected chi connectivity index (χ4v) is 3.73. The zero-order valence-corrected chi connectivity index (χ0v) is 17.4. The molecule has 0 amide bonds. The lowest BCUT2D eigenvalue weighted by Gasteiger charge is -2.21. The van der Waals surface area contributed by atoms with Crippen molar-refractivity contribution in [1.29, 1.82) is 0 Å². The summed E-state index contributed by atoms with van der Waals surface area (Å²) >= 11 is 0. The molecule has 0 saturated carbocycles. The highest BCUT2D eigenvalue weighted by atomic mass is 16.5. The average molecular weight is 395 g/mol. The molecule has 0 aromatic heterocycles. The summed E-state index contributed by atoms with van der Waals surface area (Å²) in [6.07, 6.45) is 7.66. The van der Waals surface area contributed by atoms with Gasteiger partial charge in [-0.2, -0.15) is 0 Å². The Kier molecular flexibility index (Phi) is 9.24. The van der Waals surface area contributed by atoms with Crippen molar-refractivity contribution in [1.82, 2.24) is 9.80 Å². The highest BCUT2D eigenvalue weighted by Gasteiger charge is 2.13. The summed E-state index contributed by atoms with van der Waals surface area (Å²) < 4.78 is 6.08. The van der Waals surface area contributed by atoms with Gasteiger partial charge in [0, 0.05) is 25.2 Å². The second-order valence-corrected chi connectivity index (χ2v) is 7.60. The Balaban J connectivity index is 1.39. The van der Waals surface area contributed by atoms with Gasteiger partial charge in [-0.25, -0.2) is 0 Å². The average Bonchev–Trinajstić information content (AvgIpc) is 2.99. The number of para-hydroxylation sites is 1. The molecule has 0 spiro atoms.